The predicted octanol–water partition coefficient (Wildman–Crippen LogP) is 0.511. The van der Waals surface area contributed by atoms with Gasteiger partial charge in [-0.05, 0) is 56.6 Å². The van der Waals surface area contributed by atoms with Gasteiger partial charge in [-0.15, -0.1) is 0 Å². The van der Waals surface area contributed by atoms with E-state index in [0.29, 0.717) is 0 Å². The molecule has 1 fully saturated rings. The third-order valence-corrected chi connectivity index (χ3v) is 6.12. The highest BCUT2D eigenvalue weighted by atomic mass is 32.2. The molecule has 6 nitrogen and oxygen atoms in total. The van der Waals surface area contributed by atoms with Crippen LogP contribution in [0.3, 0.4) is 0 Å². The number of nitrogens with one attached hydrogen (secondary N) is 2. The van der Waals surface area contributed by atoms with Gasteiger partial charge < -0.3 is 5.32 Å². The molecule has 1 aromatic carbocycles. The van der Waals surface area contributed by atoms with Crippen molar-refractivity contribution in [1.29, 1.82) is 0 Å². The first-order valence-electron chi connectivity index (χ1n) is 6.82. The van der Waals surface area contributed by atoms with E-state index in [1.807, 2.05) is 0 Å². The minimum atomic E-state index is -3.61. The molecule has 1 aromatic rings. The highest BCUT2D eigenvalue weighted by Gasteiger charge is 2.21. The summed E-state index contributed by atoms with van der Waals surface area (Å²) in [5.74, 6) is 0. The second-order valence-electron chi connectivity index (χ2n) is 5.24. The summed E-state index contributed by atoms with van der Waals surface area (Å²) in [5, 5.41) is 3.23. The van der Waals surface area contributed by atoms with E-state index in [9.17, 15) is 16.8 Å². The summed E-state index contributed by atoms with van der Waals surface area (Å²) in [5.41, 5.74) is 0. The van der Waals surface area contributed by atoms with Gasteiger partial charge in [0.2, 0.25) is 10.0 Å². The van der Waals surface area contributed by atoms with E-state index in [1.165, 1.54) is 24.3 Å². The third kappa shape index (κ3) is 4.50. The standard InChI is InChI=1S/C13H20N2O4S2/c1-20(16,17)12-4-6-13(7-5-12)21(18,19)15-11-3-2-9-14-10-8-11/h4-7,11,14-15H,2-3,8-10H2,1H3. The van der Waals surface area contributed by atoms with Crippen LogP contribution in [0, 0.1) is 0 Å². The topological polar surface area (TPSA) is 92.3 Å². The second kappa shape index (κ2) is 6.43. The number of sulfonamides is 1. The average Bonchev–Trinajstić information content (AvgIpc) is 2.66. The van der Waals surface area contributed by atoms with Crippen molar-refractivity contribution >= 4 is 19.9 Å². The zero-order valence-corrected chi connectivity index (χ0v) is 13.5. The quantitative estimate of drug-likeness (QED) is 0.838. The van der Waals surface area contributed by atoms with E-state index in [-0.39, 0.29) is 15.8 Å². The molecule has 1 aliphatic rings. The summed E-state index contributed by atoms with van der Waals surface area (Å²) in [4.78, 5) is 0.201. The summed E-state index contributed by atoms with van der Waals surface area (Å²) in [7, 11) is -6.93. The Kier molecular flexibility index (Phi) is 5.03. The fourth-order valence-corrected chi connectivity index (χ4v) is 4.23. The maximum atomic E-state index is 12.3. The van der Waals surface area contributed by atoms with Gasteiger partial charge in [-0.2, -0.15) is 0 Å². The molecule has 0 aliphatic carbocycles. The van der Waals surface area contributed by atoms with Crippen molar-refractivity contribution in [1.82, 2.24) is 10.0 Å². The summed E-state index contributed by atoms with van der Waals surface area (Å²) >= 11 is 0. The minimum Gasteiger partial charge on any atom is -0.317 e. The molecule has 21 heavy (non-hydrogen) atoms. The number of rotatable bonds is 4. The molecule has 1 heterocycles. The molecule has 1 unspecified atom stereocenters. The Labute approximate surface area is 125 Å². The molecule has 0 radical (unpaired) electrons. The summed E-state index contributed by atoms with van der Waals surface area (Å²) in [6, 6.07) is 5.21. The van der Waals surface area contributed by atoms with Crippen molar-refractivity contribution in [2.75, 3.05) is 19.3 Å². The Bertz CT molecular complexity index is 673. The lowest BCUT2D eigenvalue weighted by molar-refractivity contribution is 0.518. The number of benzene rings is 1. The largest absolute Gasteiger partial charge is 0.317 e. The maximum Gasteiger partial charge on any atom is 0.240 e. The maximum absolute atomic E-state index is 12.3. The fraction of sp³-hybridized carbons (Fsp3) is 0.538. The van der Waals surface area contributed by atoms with Crippen molar-refractivity contribution in [3.05, 3.63) is 24.3 Å². The van der Waals surface area contributed by atoms with E-state index in [4.69, 9.17) is 0 Å². The van der Waals surface area contributed by atoms with E-state index in [2.05, 4.69) is 10.0 Å². The van der Waals surface area contributed by atoms with E-state index in [0.717, 1.165) is 38.6 Å². The van der Waals surface area contributed by atoms with Crippen LogP contribution >= 0.6 is 0 Å². The Morgan fingerprint density at radius 1 is 1.00 bits per heavy atom. The number of sulfone groups is 1. The van der Waals surface area contributed by atoms with Crippen LogP contribution in [0.15, 0.2) is 34.1 Å². The molecule has 1 saturated heterocycles. The first-order chi connectivity index (χ1) is 9.79. The van der Waals surface area contributed by atoms with Crippen LogP contribution in [0.1, 0.15) is 19.3 Å². The lowest BCUT2D eigenvalue weighted by Crippen LogP contribution is -2.35. The molecule has 0 aromatic heterocycles. The van der Waals surface area contributed by atoms with E-state index >= 15 is 0 Å². The Balaban J connectivity index is 2.15. The number of hydrogen-bond donors (Lipinski definition) is 2. The second-order valence-corrected chi connectivity index (χ2v) is 8.97. The fourth-order valence-electron chi connectivity index (χ4n) is 2.29. The monoisotopic (exact) mass is 332 g/mol. The Morgan fingerprint density at radius 3 is 2.24 bits per heavy atom. The molecular weight excluding hydrogens is 312 g/mol. The predicted molar refractivity (Wildman–Crippen MR) is 80.4 cm³/mol. The van der Waals surface area contributed by atoms with Crippen LogP contribution in [0.4, 0.5) is 0 Å². The van der Waals surface area contributed by atoms with Gasteiger partial charge in [0.25, 0.3) is 0 Å². The van der Waals surface area contributed by atoms with Gasteiger partial charge in [-0.25, -0.2) is 21.6 Å². The Morgan fingerprint density at radius 2 is 1.62 bits per heavy atom. The molecular formula is C13H20N2O4S2. The first-order valence-corrected chi connectivity index (χ1v) is 10.2. The van der Waals surface area contributed by atoms with E-state index < -0.39 is 19.9 Å². The van der Waals surface area contributed by atoms with Crippen LogP contribution < -0.4 is 10.0 Å². The molecule has 0 saturated carbocycles. The van der Waals surface area contributed by atoms with Crippen molar-refractivity contribution < 1.29 is 16.8 Å². The van der Waals surface area contributed by atoms with Gasteiger partial charge in [-0.1, -0.05) is 0 Å². The lowest BCUT2D eigenvalue weighted by atomic mass is 10.1. The number of hydrogen-bond acceptors (Lipinski definition) is 5. The molecule has 2 rings (SSSR count). The first kappa shape index (κ1) is 16.4. The van der Waals surface area contributed by atoms with Crippen LogP contribution in [0.25, 0.3) is 0 Å². The minimum absolute atomic E-state index is 0.0837. The smallest absolute Gasteiger partial charge is 0.240 e. The highest BCUT2D eigenvalue weighted by Crippen LogP contribution is 2.16. The molecule has 0 amide bonds. The normalized spacial score (nSPS) is 20.9. The lowest BCUT2D eigenvalue weighted by Gasteiger charge is -2.16. The zero-order valence-electron chi connectivity index (χ0n) is 11.9. The van der Waals surface area contributed by atoms with Crippen LogP contribution in [0.5, 0.6) is 0 Å². The molecule has 1 atom stereocenters. The highest BCUT2D eigenvalue weighted by molar-refractivity contribution is 7.90. The summed E-state index contributed by atoms with van der Waals surface area (Å²) in [6.45, 7) is 1.70. The van der Waals surface area contributed by atoms with Gasteiger partial charge in [0.05, 0.1) is 9.79 Å². The molecule has 118 valence electrons. The van der Waals surface area contributed by atoms with Crippen molar-refractivity contribution in [2.45, 2.75) is 35.1 Å². The summed E-state index contributed by atoms with van der Waals surface area (Å²) in [6.07, 6.45) is 3.57. The van der Waals surface area contributed by atoms with Crippen molar-refractivity contribution in [3.63, 3.8) is 0 Å². The van der Waals surface area contributed by atoms with Crippen molar-refractivity contribution in [3.8, 4) is 0 Å². The van der Waals surface area contributed by atoms with E-state index in [1.54, 1.807) is 0 Å². The zero-order chi connectivity index (χ0) is 15.5. The van der Waals surface area contributed by atoms with Gasteiger partial charge in [0.15, 0.2) is 9.84 Å². The van der Waals surface area contributed by atoms with Crippen LogP contribution in [-0.2, 0) is 19.9 Å². The van der Waals surface area contributed by atoms with Crippen LogP contribution in [0.2, 0.25) is 0 Å². The molecule has 0 bridgehead atoms. The molecule has 8 heteroatoms. The van der Waals surface area contributed by atoms with Gasteiger partial charge >= 0.3 is 0 Å². The SMILES string of the molecule is CS(=O)(=O)c1ccc(S(=O)(=O)NC2CCCNCC2)cc1. The Hall–Kier alpha value is -0.960. The molecule has 0 spiro atoms. The van der Waals surface area contributed by atoms with Crippen molar-refractivity contribution in [2.24, 2.45) is 0 Å². The summed E-state index contributed by atoms with van der Waals surface area (Å²) < 4.78 is 50.0. The molecule has 1 aliphatic heterocycles. The van der Waals surface area contributed by atoms with Gasteiger partial charge in [-0.3, -0.25) is 0 Å². The molecule has 2 N–H and O–H groups in total. The van der Waals surface area contributed by atoms with Gasteiger partial charge in [0, 0.05) is 12.3 Å². The van der Waals surface area contributed by atoms with Crippen LogP contribution in [-0.4, -0.2) is 42.2 Å². The third-order valence-electron chi connectivity index (χ3n) is 3.46. The van der Waals surface area contributed by atoms with Gasteiger partial charge in [0.1, 0.15) is 0 Å². The average molecular weight is 332 g/mol.